The first kappa shape index (κ1) is 19.7. The highest BCUT2D eigenvalue weighted by Gasteiger charge is 2.23. The van der Waals surface area contributed by atoms with E-state index in [2.05, 4.69) is 36.3 Å². The molecule has 0 spiro atoms. The lowest BCUT2D eigenvalue weighted by Crippen LogP contribution is -2.43. The Kier molecular flexibility index (Phi) is 8.15. The highest BCUT2D eigenvalue weighted by atomic mass is 19.1. The minimum absolute atomic E-state index is 0.0481. The molecule has 0 aliphatic carbocycles. The van der Waals surface area contributed by atoms with E-state index in [9.17, 15) is 4.39 Å². The molecule has 0 amide bonds. The summed E-state index contributed by atoms with van der Waals surface area (Å²) in [4.78, 5) is 7.10. The SMILES string of the molecule is CCNC(=NCC(c1cccc(F)c1)N1CCOCC1)NC(C)CC. The first-order valence-corrected chi connectivity index (χ1v) is 9.26. The molecule has 1 aromatic rings. The van der Waals surface area contributed by atoms with E-state index in [0.29, 0.717) is 25.8 Å². The van der Waals surface area contributed by atoms with Crippen LogP contribution in [0.25, 0.3) is 0 Å². The van der Waals surface area contributed by atoms with Gasteiger partial charge in [-0.25, -0.2) is 4.39 Å². The molecule has 0 radical (unpaired) electrons. The maximum Gasteiger partial charge on any atom is 0.191 e. The lowest BCUT2D eigenvalue weighted by atomic mass is 10.0. The van der Waals surface area contributed by atoms with Gasteiger partial charge in [-0.15, -0.1) is 0 Å². The molecule has 2 rings (SSSR count). The Bertz CT molecular complexity index is 546. The van der Waals surface area contributed by atoms with Crippen LogP contribution in [-0.4, -0.2) is 56.3 Å². The van der Waals surface area contributed by atoms with Crippen molar-refractivity contribution < 1.29 is 9.13 Å². The number of rotatable bonds is 7. The molecule has 2 N–H and O–H groups in total. The summed E-state index contributed by atoms with van der Waals surface area (Å²) in [6, 6.07) is 7.25. The molecule has 1 saturated heterocycles. The first-order valence-electron chi connectivity index (χ1n) is 9.26. The zero-order valence-electron chi connectivity index (χ0n) is 15.6. The van der Waals surface area contributed by atoms with Gasteiger partial charge < -0.3 is 15.4 Å². The van der Waals surface area contributed by atoms with Gasteiger partial charge in [0.15, 0.2) is 5.96 Å². The van der Waals surface area contributed by atoms with Gasteiger partial charge in [0, 0.05) is 25.7 Å². The van der Waals surface area contributed by atoms with Crippen molar-refractivity contribution in [1.82, 2.24) is 15.5 Å². The lowest BCUT2D eigenvalue weighted by Gasteiger charge is -2.34. The summed E-state index contributed by atoms with van der Waals surface area (Å²) in [7, 11) is 0. The van der Waals surface area contributed by atoms with Gasteiger partial charge in [-0.05, 0) is 38.0 Å². The highest BCUT2D eigenvalue weighted by Crippen LogP contribution is 2.23. The molecule has 1 aliphatic rings. The van der Waals surface area contributed by atoms with Crippen LogP contribution >= 0.6 is 0 Å². The van der Waals surface area contributed by atoms with Gasteiger partial charge in [0.1, 0.15) is 5.82 Å². The summed E-state index contributed by atoms with van der Waals surface area (Å²) in [6.07, 6.45) is 1.03. The van der Waals surface area contributed by atoms with Gasteiger partial charge in [-0.3, -0.25) is 9.89 Å². The van der Waals surface area contributed by atoms with Crippen molar-refractivity contribution in [2.24, 2.45) is 4.99 Å². The molecule has 1 heterocycles. The van der Waals surface area contributed by atoms with Crippen LogP contribution in [0.1, 0.15) is 38.8 Å². The summed E-state index contributed by atoms with van der Waals surface area (Å²) in [5, 5.41) is 6.70. The van der Waals surface area contributed by atoms with Gasteiger partial charge in [0.25, 0.3) is 0 Å². The quantitative estimate of drug-likeness (QED) is 0.586. The van der Waals surface area contributed by atoms with E-state index in [0.717, 1.165) is 37.6 Å². The van der Waals surface area contributed by atoms with Crippen molar-refractivity contribution in [2.75, 3.05) is 39.4 Å². The smallest absolute Gasteiger partial charge is 0.191 e. The lowest BCUT2D eigenvalue weighted by molar-refractivity contribution is 0.0179. The van der Waals surface area contributed by atoms with Crippen LogP contribution in [0.2, 0.25) is 0 Å². The molecule has 6 heteroatoms. The predicted molar refractivity (Wildman–Crippen MR) is 100 cm³/mol. The van der Waals surface area contributed by atoms with Crippen molar-refractivity contribution in [3.8, 4) is 0 Å². The van der Waals surface area contributed by atoms with Gasteiger partial charge in [0.2, 0.25) is 0 Å². The summed E-state index contributed by atoms with van der Waals surface area (Å²) in [5.41, 5.74) is 0.963. The number of hydrogen-bond acceptors (Lipinski definition) is 3. The number of benzene rings is 1. The van der Waals surface area contributed by atoms with Gasteiger partial charge >= 0.3 is 0 Å². The van der Waals surface area contributed by atoms with Crippen molar-refractivity contribution in [2.45, 2.75) is 39.3 Å². The third kappa shape index (κ3) is 6.29. The topological polar surface area (TPSA) is 48.9 Å². The van der Waals surface area contributed by atoms with Crippen molar-refractivity contribution >= 4 is 5.96 Å². The Hall–Kier alpha value is -1.66. The normalized spacial score (nSPS) is 18.6. The van der Waals surface area contributed by atoms with Gasteiger partial charge in [0.05, 0.1) is 25.8 Å². The Morgan fingerprint density at radius 3 is 2.72 bits per heavy atom. The molecule has 25 heavy (non-hydrogen) atoms. The number of halogens is 1. The fourth-order valence-electron chi connectivity index (χ4n) is 2.87. The second kappa shape index (κ2) is 10.4. The fraction of sp³-hybridized carbons (Fsp3) is 0.632. The Morgan fingerprint density at radius 2 is 2.08 bits per heavy atom. The monoisotopic (exact) mass is 350 g/mol. The van der Waals surface area contributed by atoms with Gasteiger partial charge in [-0.1, -0.05) is 19.1 Å². The van der Waals surface area contributed by atoms with Crippen LogP contribution in [0.15, 0.2) is 29.3 Å². The highest BCUT2D eigenvalue weighted by molar-refractivity contribution is 5.80. The van der Waals surface area contributed by atoms with E-state index in [1.54, 1.807) is 12.1 Å². The summed E-state index contributed by atoms with van der Waals surface area (Å²) >= 11 is 0. The molecule has 0 bridgehead atoms. The second-order valence-electron chi connectivity index (χ2n) is 6.39. The van der Waals surface area contributed by atoms with Crippen LogP contribution in [0.5, 0.6) is 0 Å². The standard InChI is InChI=1S/C19H31FN4O/c1-4-15(3)23-19(21-5-2)22-14-18(24-9-11-25-12-10-24)16-7-6-8-17(20)13-16/h6-8,13,15,18H,4-5,9-12,14H2,1-3H3,(H2,21,22,23). The van der Waals surface area contributed by atoms with E-state index < -0.39 is 0 Å². The van der Waals surface area contributed by atoms with Crippen LogP contribution in [0, 0.1) is 5.82 Å². The molecule has 2 unspecified atom stereocenters. The number of aliphatic imine (C=N–C) groups is 1. The molecule has 140 valence electrons. The average molecular weight is 350 g/mol. The number of hydrogen-bond donors (Lipinski definition) is 2. The minimum atomic E-state index is -0.204. The van der Waals surface area contributed by atoms with Crippen molar-refractivity contribution in [1.29, 1.82) is 0 Å². The molecule has 1 aromatic carbocycles. The zero-order valence-corrected chi connectivity index (χ0v) is 15.6. The van der Waals surface area contributed by atoms with Crippen LogP contribution in [-0.2, 0) is 4.74 Å². The molecule has 0 saturated carbocycles. The molecular weight excluding hydrogens is 319 g/mol. The van der Waals surface area contributed by atoms with Crippen molar-refractivity contribution in [3.63, 3.8) is 0 Å². The molecule has 0 aromatic heterocycles. The number of morpholine rings is 1. The first-order chi connectivity index (χ1) is 12.1. The Labute approximate surface area is 150 Å². The maximum absolute atomic E-state index is 13.7. The van der Waals surface area contributed by atoms with Gasteiger partial charge in [-0.2, -0.15) is 0 Å². The number of nitrogens with zero attached hydrogens (tertiary/aromatic N) is 2. The number of ether oxygens (including phenoxy) is 1. The zero-order chi connectivity index (χ0) is 18.1. The maximum atomic E-state index is 13.7. The third-order valence-corrected chi connectivity index (χ3v) is 4.48. The van der Waals surface area contributed by atoms with Crippen LogP contribution in [0.3, 0.4) is 0 Å². The van der Waals surface area contributed by atoms with Crippen LogP contribution < -0.4 is 10.6 Å². The molecule has 2 atom stereocenters. The fourth-order valence-corrected chi connectivity index (χ4v) is 2.87. The molecule has 1 fully saturated rings. The Balaban J connectivity index is 2.17. The van der Waals surface area contributed by atoms with E-state index in [4.69, 9.17) is 9.73 Å². The van der Waals surface area contributed by atoms with E-state index in [1.807, 2.05) is 6.07 Å². The summed E-state index contributed by atoms with van der Waals surface area (Å²) in [5.74, 6) is 0.607. The molecule has 5 nitrogen and oxygen atoms in total. The molecule has 1 aliphatic heterocycles. The second-order valence-corrected chi connectivity index (χ2v) is 6.39. The summed E-state index contributed by atoms with van der Waals surface area (Å²) in [6.45, 7) is 10.8. The average Bonchev–Trinajstić information content (AvgIpc) is 2.63. The van der Waals surface area contributed by atoms with Crippen LogP contribution in [0.4, 0.5) is 4.39 Å². The minimum Gasteiger partial charge on any atom is -0.379 e. The Morgan fingerprint density at radius 1 is 1.32 bits per heavy atom. The van der Waals surface area contributed by atoms with Crippen molar-refractivity contribution in [3.05, 3.63) is 35.6 Å². The van der Waals surface area contributed by atoms with E-state index >= 15 is 0 Å². The van der Waals surface area contributed by atoms with E-state index in [1.165, 1.54) is 6.07 Å². The third-order valence-electron chi connectivity index (χ3n) is 4.48. The summed E-state index contributed by atoms with van der Waals surface area (Å²) < 4.78 is 19.2. The van der Waals surface area contributed by atoms with E-state index in [-0.39, 0.29) is 11.9 Å². The number of guanidine groups is 1. The molecular formula is C19H31FN4O. The number of nitrogens with one attached hydrogen (secondary N) is 2. The predicted octanol–water partition coefficient (Wildman–Crippen LogP) is 2.55. The largest absolute Gasteiger partial charge is 0.379 e.